The Kier molecular flexibility index (Phi) is 4.32. The van der Waals surface area contributed by atoms with Gasteiger partial charge in [-0.25, -0.2) is 4.98 Å². The Bertz CT molecular complexity index is 982. The average molecular weight is 354 g/mol. The smallest absolute Gasteiger partial charge is 0.258 e. The van der Waals surface area contributed by atoms with Crippen molar-refractivity contribution in [3.8, 4) is 0 Å². The Labute approximate surface area is 151 Å². The minimum atomic E-state index is -0.0304. The zero-order valence-electron chi connectivity index (χ0n) is 14.2. The summed E-state index contributed by atoms with van der Waals surface area (Å²) in [5.41, 5.74) is 3.68. The summed E-state index contributed by atoms with van der Waals surface area (Å²) < 4.78 is 1.61. The van der Waals surface area contributed by atoms with Gasteiger partial charge in [0.1, 0.15) is 5.65 Å². The highest BCUT2D eigenvalue weighted by Crippen LogP contribution is 2.36. The van der Waals surface area contributed by atoms with Crippen LogP contribution < -0.4 is 5.56 Å². The van der Waals surface area contributed by atoms with Crippen LogP contribution in [-0.4, -0.2) is 20.8 Å². The minimum Gasteiger partial charge on any atom is -0.290 e. The van der Waals surface area contributed by atoms with Gasteiger partial charge in [-0.15, -0.1) is 0 Å². The molecule has 1 atom stereocenters. The summed E-state index contributed by atoms with van der Waals surface area (Å²) in [5.74, 6) is 0. The molecule has 3 aromatic rings. The molecular weight excluding hydrogens is 334 g/mol. The number of hydrogen-bond donors (Lipinski definition) is 0. The molecule has 4 nitrogen and oxygen atoms in total. The number of aryl methyl sites for hydroxylation is 1. The first-order chi connectivity index (χ1) is 12.1. The maximum atomic E-state index is 12.4. The van der Waals surface area contributed by atoms with Crippen LogP contribution in [0.15, 0.2) is 53.5 Å². The van der Waals surface area contributed by atoms with Gasteiger partial charge in [-0.05, 0) is 49.6 Å². The molecule has 2 aromatic heterocycles. The topological polar surface area (TPSA) is 37.6 Å². The van der Waals surface area contributed by atoms with Crippen molar-refractivity contribution in [2.24, 2.45) is 0 Å². The predicted octanol–water partition coefficient (Wildman–Crippen LogP) is 3.99. The van der Waals surface area contributed by atoms with Crippen LogP contribution in [0.5, 0.6) is 0 Å². The molecule has 128 valence electrons. The van der Waals surface area contributed by atoms with E-state index in [9.17, 15) is 4.79 Å². The third-order valence-electron chi connectivity index (χ3n) is 4.85. The molecule has 1 aliphatic heterocycles. The van der Waals surface area contributed by atoms with Crippen LogP contribution in [0.2, 0.25) is 5.02 Å². The van der Waals surface area contributed by atoms with Crippen LogP contribution in [0, 0.1) is 6.92 Å². The van der Waals surface area contributed by atoms with Crippen molar-refractivity contribution in [3.63, 3.8) is 0 Å². The molecule has 5 heteroatoms. The molecule has 1 saturated heterocycles. The number of fused-ring (bicyclic) bond motifs is 1. The highest BCUT2D eigenvalue weighted by Gasteiger charge is 2.27. The van der Waals surface area contributed by atoms with Gasteiger partial charge in [-0.3, -0.25) is 14.1 Å². The summed E-state index contributed by atoms with van der Waals surface area (Å²) in [4.78, 5) is 19.5. The minimum absolute atomic E-state index is 0.0304. The number of halogens is 1. The Morgan fingerprint density at radius 3 is 2.92 bits per heavy atom. The molecule has 0 aliphatic carbocycles. The van der Waals surface area contributed by atoms with Gasteiger partial charge in [0.05, 0.1) is 5.69 Å². The van der Waals surface area contributed by atoms with E-state index in [1.807, 2.05) is 43.5 Å². The highest BCUT2D eigenvalue weighted by atomic mass is 35.5. The van der Waals surface area contributed by atoms with E-state index in [0.717, 1.165) is 41.2 Å². The van der Waals surface area contributed by atoms with E-state index < -0.39 is 0 Å². The molecule has 25 heavy (non-hydrogen) atoms. The fourth-order valence-corrected chi connectivity index (χ4v) is 3.92. The van der Waals surface area contributed by atoms with Crippen molar-refractivity contribution in [1.82, 2.24) is 14.3 Å². The summed E-state index contributed by atoms with van der Waals surface area (Å²) in [6.45, 7) is 3.62. The van der Waals surface area contributed by atoms with Crippen molar-refractivity contribution in [1.29, 1.82) is 0 Å². The van der Waals surface area contributed by atoms with E-state index in [1.165, 1.54) is 0 Å². The molecule has 3 heterocycles. The Hall–Kier alpha value is -2.17. The summed E-state index contributed by atoms with van der Waals surface area (Å²) in [7, 11) is 0. The molecule has 0 spiro atoms. The van der Waals surface area contributed by atoms with Crippen LogP contribution in [0.1, 0.15) is 35.7 Å². The van der Waals surface area contributed by atoms with E-state index in [4.69, 9.17) is 11.6 Å². The van der Waals surface area contributed by atoms with Gasteiger partial charge in [0.2, 0.25) is 0 Å². The van der Waals surface area contributed by atoms with Gasteiger partial charge in [-0.1, -0.05) is 35.9 Å². The summed E-state index contributed by atoms with van der Waals surface area (Å²) in [6.07, 6.45) is 4.04. The number of aromatic nitrogens is 2. The number of nitrogens with zero attached hydrogens (tertiary/aromatic N) is 3. The maximum Gasteiger partial charge on any atom is 0.258 e. The maximum absolute atomic E-state index is 12.4. The Morgan fingerprint density at radius 2 is 2.08 bits per heavy atom. The fraction of sp³-hybridized carbons (Fsp3) is 0.300. The second kappa shape index (κ2) is 6.62. The first-order valence-electron chi connectivity index (χ1n) is 8.59. The van der Waals surface area contributed by atoms with Crippen molar-refractivity contribution >= 4 is 17.2 Å². The number of likely N-dealkylation sites (tertiary alicyclic amines) is 1. The zero-order chi connectivity index (χ0) is 17.4. The molecule has 1 aliphatic rings. The average Bonchev–Trinajstić information content (AvgIpc) is 3.04. The van der Waals surface area contributed by atoms with E-state index in [0.29, 0.717) is 12.2 Å². The molecule has 0 radical (unpaired) electrons. The number of hydrogen-bond acceptors (Lipinski definition) is 3. The lowest BCUT2D eigenvalue weighted by atomic mass is 10.0. The second-order valence-corrected chi connectivity index (χ2v) is 7.08. The molecule has 1 aromatic carbocycles. The van der Waals surface area contributed by atoms with Gasteiger partial charge in [0.15, 0.2) is 0 Å². The van der Waals surface area contributed by atoms with Gasteiger partial charge in [-0.2, -0.15) is 0 Å². The van der Waals surface area contributed by atoms with E-state index >= 15 is 0 Å². The van der Waals surface area contributed by atoms with Gasteiger partial charge in [0.25, 0.3) is 5.56 Å². The van der Waals surface area contributed by atoms with Crippen LogP contribution in [0.25, 0.3) is 5.65 Å². The lowest BCUT2D eigenvalue weighted by Gasteiger charge is -2.25. The van der Waals surface area contributed by atoms with Crippen molar-refractivity contribution < 1.29 is 0 Å². The third-order valence-corrected chi connectivity index (χ3v) is 5.20. The van der Waals surface area contributed by atoms with Crippen LogP contribution >= 0.6 is 11.6 Å². The summed E-state index contributed by atoms with van der Waals surface area (Å²) in [6, 6.07) is 13.8. The van der Waals surface area contributed by atoms with Crippen molar-refractivity contribution in [2.75, 3.05) is 6.54 Å². The largest absolute Gasteiger partial charge is 0.290 e. The lowest BCUT2D eigenvalue weighted by molar-refractivity contribution is 0.245. The highest BCUT2D eigenvalue weighted by molar-refractivity contribution is 6.31. The molecule has 4 rings (SSSR count). The molecule has 0 N–H and O–H groups in total. The van der Waals surface area contributed by atoms with E-state index in [1.54, 1.807) is 10.5 Å². The summed E-state index contributed by atoms with van der Waals surface area (Å²) >= 11 is 6.40. The monoisotopic (exact) mass is 353 g/mol. The normalized spacial score (nSPS) is 18.1. The SMILES string of the molecule is Cc1ccc2nc(CN3CCC[C@@H]3c3ccccc3Cl)cc(=O)n2c1. The third kappa shape index (κ3) is 3.20. The fourth-order valence-electron chi connectivity index (χ4n) is 3.66. The summed E-state index contributed by atoms with van der Waals surface area (Å²) in [5, 5.41) is 0.807. The molecule has 0 bridgehead atoms. The standard InChI is InChI=1S/C20H20ClN3O/c1-14-8-9-19-22-15(11-20(25)24(19)12-14)13-23-10-4-7-18(23)16-5-2-3-6-17(16)21/h2-3,5-6,8-9,11-12,18H,4,7,10,13H2,1H3/t18-/m1/s1. The van der Waals surface area contributed by atoms with Crippen molar-refractivity contribution in [3.05, 3.63) is 80.9 Å². The Balaban J connectivity index is 1.65. The number of pyridine rings is 1. The Morgan fingerprint density at radius 1 is 1.24 bits per heavy atom. The van der Waals surface area contributed by atoms with Gasteiger partial charge in [0, 0.05) is 29.9 Å². The molecule has 0 unspecified atom stereocenters. The van der Waals surface area contributed by atoms with Crippen molar-refractivity contribution in [2.45, 2.75) is 32.4 Å². The van der Waals surface area contributed by atoms with Crippen LogP contribution in [0.4, 0.5) is 0 Å². The van der Waals surface area contributed by atoms with Gasteiger partial charge < -0.3 is 0 Å². The first kappa shape index (κ1) is 16.3. The molecule has 0 saturated carbocycles. The second-order valence-electron chi connectivity index (χ2n) is 6.67. The quantitative estimate of drug-likeness (QED) is 0.714. The zero-order valence-corrected chi connectivity index (χ0v) is 14.9. The number of benzene rings is 1. The van der Waals surface area contributed by atoms with Crippen LogP contribution in [-0.2, 0) is 6.54 Å². The lowest BCUT2D eigenvalue weighted by Crippen LogP contribution is -2.25. The molecule has 1 fully saturated rings. The van der Waals surface area contributed by atoms with E-state index in [2.05, 4.69) is 16.0 Å². The predicted molar refractivity (Wildman–Crippen MR) is 100 cm³/mol. The first-order valence-corrected chi connectivity index (χ1v) is 8.97. The van der Waals surface area contributed by atoms with Crippen LogP contribution in [0.3, 0.4) is 0 Å². The molecule has 0 amide bonds. The number of rotatable bonds is 3. The molecular formula is C20H20ClN3O. The van der Waals surface area contributed by atoms with E-state index in [-0.39, 0.29) is 11.6 Å². The van der Waals surface area contributed by atoms with Gasteiger partial charge >= 0.3 is 0 Å².